The van der Waals surface area contributed by atoms with Gasteiger partial charge in [0.2, 0.25) is 0 Å². The lowest BCUT2D eigenvalue weighted by Crippen LogP contribution is -2.03. The van der Waals surface area contributed by atoms with Crippen LogP contribution < -0.4 is 0 Å². The van der Waals surface area contributed by atoms with Crippen LogP contribution in [0.5, 0.6) is 0 Å². The molecular weight excluding hydrogens is 297 g/mol. The number of halogens is 2. The molecule has 6 heteroatoms. The second-order valence-corrected chi connectivity index (χ2v) is 4.53. The molecule has 0 saturated carbocycles. The van der Waals surface area contributed by atoms with E-state index in [1.165, 1.54) is 19.2 Å². The van der Waals surface area contributed by atoms with E-state index >= 15 is 0 Å². The van der Waals surface area contributed by atoms with Gasteiger partial charge in [-0.1, -0.05) is 0 Å². The van der Waals surface area contributed by atoms with Gasteiger partial charge in [0, 0.05) is 4.90 Å². The summed E-state index contributed by atoms with van der Waals surface area (Å²) in [6.45, 7) is 0. The molecule has 1 rings (SSSR count). The van der Waals surface area contributed by atoms with Crippen LogP contribution in [-0.2, 0) is 9.53 Å². The number of rotatable bonds is 3. The quantitative estimate of drug-likeness (QED) is 0.636. The van der Waals surface area contributed by atoms with E-state index in [1.54, 1.807) is 0 Å². The van der Waals surface area contributed by atoms with Crippen molar-refractivity contribution >= 4 is 33.7 Å². The van der Waals surface area contributed by atoms with Crippen LogP contribution in [0.3, 0.4) is 0 Å². The first-order valence-electron chi connectivity index (χ1n) is 4.18. The first kappa shape index (κ1) is 13.0. The minimum Gasteiger partial charge on any atom is -0.468 e. The van der Waals surface area contributed by atoms with Crippen LogP contribution in [0, 0.1) is 17.1 Å². The number of methoxy groups -OCH3 is 1. The molecule has 0 unspecified atom stereocenters. The van der Waals surface area contributed by atoms with Crippen LogP contribution in [0.1, 0.15) is 5.56 Å². The molecule has 84 valence electrons. The van der Waals surface area contributed by atoms with Crippen LogP contribution in [-0.4, -0.2) is 18.8 Å². The van der Waals surface area contributed by atoms with E-state index in [2.05, 4.69) is 20.7 Å². The normalized spacial score (nSPS) is 9.62. The molecule has 16 heavy (non-hydrogen) atoms. The van der Waals surface area contributed by atoms with E-state index in [1.807, 2.05) is 6.07 Å². The molecule has 0 aliphatic carbocycles. The summed E-state index contributed by atoms with van der Waals surface area (Å²) >= 11 is 4.01. The SMILES string of the molecule is COC(=O)CSc1ccc(C#N)c(Br)c1F. The lowest BCUT2D eigenvalue weighted by atomic mass is 10.2. The number of carbonyl (C=O) groups excluding carboxylic acids is 1. The van der Waals surface area contributed by atoms with E-state index < -0.39 is 11.8 Å². The number of thioether (sulfide) groups is 1. The summed E-state index contributed by atoms with van der Waals surface area (Å²) in [4.78, 5) is 11.2. The molecule has 3 nitrogen and oxygen atoms in total. The van der Waals surface area contributed by atoms with Gasteiger partial charge in [0.1, 0.15) is 6.07 Å². The van der Waals surface area contributed by atoms with Crippen LogP contribution in [0.25, 0.3) is 0 Å². The molecule has 0 spiro atoms. The highest BCUT2D eigenvalue weighted by molar-refractivity contribution is 9.10. The topological polar surface area (TPSA) is 50.1 Å². The van der Waals surface area contributed by atoms with Crippen molar-refractivity contribution in [3.8, 4) is 6.07 Å². The molecule has 0 aliphatic heterocycles. The zero-order valence-corrected chi connectivity index (χ0v) is 10.7. The minimum atomic E-state index is -0.534. The van der Waals surface area contributed by atoms with Gasteiger partial charge in [-0.2, -0.15) is 5.26 Å². The predicted octanol–water partition coefficient (Wildman–Crippen LogP) is 2.72. The predicted molar refractivity (Wildman–Crippen MR) is 61.6 cm³/mol. The molecule has 0 radical (unpaired) electrons. The van der Waals surface area contributed by atoms with Gasteiger partial charge in [0.15, 0.2) is 5.82 Å². The Bertz CT molecular complexity index is 459. The van der Waals surface area contributed by atoms with Gasteiger partial charge in [0.05, 0.1) is 22.9 Å². The summed E-state index contributed by atoms with van der Waals surface area (Å²) in [5, 5.41) is 8.66. The van der Waals surface area contributed by atoms with Crippen molar-refractivity contribution in [2.45, 2.75) is 4.90 Å². The molecule has 0 heterocycles. The maximum Gasteiger partial charge on any atom is 0.315 e. The number of nitrogens with zero attached hydrogens (tertiary/aromatic N) is 1. The summed E-state index contributed by atoms with van der Waals surface area (Å²) < 4.78 is 18.2. The zero-order chi connectivity index (χ0) is 12.1. The summed E-state index contributed by atoms with van der Waals surface area (Å²) in [6, 6.07) is 4.81. The summed E-state index contributed by atoms with van der Waals surface area (Å²) in [6.07, 6.45) is 0. The average molecular weight is 304 g/mol. The van der Waals surface area contributed by atoms with Crippen molar-refractivity contribution in [1.29, 1.82) is 5.26 Å². The lowest BCUT2D eigenvalue weighted by molar-refractivity contribution is -0.137. The number of esters is 1. The van der Waals surface area contributed by atoms with Gasteiger partial charge < -0.3 is 4.74 Å². The number of nitriles is 1. The van der Waals surface area contributed by atoms with E-state index in [9.17, 15) is 9.18 Å². The van der Waals surface area contributed by atoms with Gasteiger partial charge in [-0.05, 0) is 28.1 Å². The van der Waals surface area contributed by atoms with Crippen LogP contribution in [0.15, 0.2) is 21.5 Å². The highest BCUT2D eigenvalue weighted by atomic mass is 79.9. The summed E-state index contributed by atoms with van der Waals surface area (Å²) in [5.74, 6) is -0.927. The van der Waals surface area contributed by atoms with Gasteiger partial charge >= 0.3 is 5.97 Å². The van der Waals surface area contributed by atoms with Crippen LogP contribution >= 0.6 is 27.7 Å². The fourth-order valence-electron chi connectivity index (χ4n) is 0.925. The third-order valence-electron chi connectivity index (χ3n) is 1.74. The molecule has 0 aliphatic rings. The Hall–Kier alpha value is -1.06. The Morgan fingerprint density at radius 1 is 1.69 bits per heavy atom. The molecule has 0 bridgehead atoms. The fraction of sp³-hybridized carbons (Fsp3) is 0.200. The number of hydrogen-bond acceptors (Lipinski definition) is 4. The fourth-order valence-corrected chi connectivity index (χ4v) is 2.28. The highest BCUT2D eigenvalue weighted by Crippen LogP contribution is 2.29. The second-order valence-electron chi connectivity index (χ2n) is 2.72. The number of benzene rings is 1. The first-order valence-corrected chi connectivity index (χ1v) is 5.95. The number of ether oxygens (including phenoxy) is 1. The molecule has 0 saturated heterocycles. The van der Waals surface area contributed by atoms with Gasteiger partial charge in [-0.25, -0.2) is 4.39 Å². The van der Waals surface area contributed by atoms with E-state index in [0.29, 0.717) is 4.90 Å². The average Bonchev–Trinajstić information content (AvgIpc) is 2.30. The highest BCUT2D eigenvalue weighted by Gasteiger charge is 2.12. The Balaban J connectivity index is 2.88. The maximum absolute atomic E-state index is 13.6. The maximum atomic E-state index is 13.6. The van der Waals surface area contributed by atoms with Crippen molar-refractivity contribution in [3.63, 3.8) is 0 Å². The van der Waals surface area contributed by atoms with Crippen LogP contribution in [0.4, 0.5) is 4.39 Å². The van der Waals surface area contributed by atoms with Crippen molar-refractivity contribution in [1.82, 2.24) is 0 Å². The molecule has 0 aromatic heterocycles. The molecular formula is C10H7BrFNO2S. The van der Waals surface area contributed by atoms with Crippen molar-refractivity contribution in [3.05, 3.63) is 28.0 Å². The van der Waals surface area contributed by atoms with E-state index in [0.717, 1.165) is 11.8 Å². The molecule has 0 fully saturated rings. The molecule has 1 aromatic carbocycles. The largest absolute Gasteiger partial charge is 0.468 e. The smallest absolute Gasteiger partial charge is 0.315 e. The number of carbonyl (C=O) groups is 1. The van der Waals surface area contributed by atoms with Crippen molar-refractivity contribution < 1.29 is 13.9 Å². The Morgan fingerprint density at radius 3 is 2.94 bits per heavy atom. The van der Waals surface area contributed by atoms with Crippen molar-refractivity contribution in [2.75, 3.05) is 12.9 Å². The van der Waals surface area contributed by atoms with E-state index in [-0.39, 0.29) is 15.8 Å². The molecule has 1 aromatic rings. The Kier molecular flexibility index (Phi) is 4.77. The van der Waals surface area contributed by atoms with Gasteiger partial charge in [-0.3, -0.25) is 4.79 Å². The standard InChI is InChI=1S/C10H7BrFNO2S/c1-15-8(14)5-16-7-3-2-6(4-13)9(11)10(7)12/h2-3H,5H2,1H3. The van der Waals surface area contributed by atoms with E-state index in [4.69, 9.17) is 5.26 Å². The summed E-state index contributed by atoms with van der Waals surface area (Å²) in [5.41, 5.74) is 0.222. The van der Waals surface area contributed by atoms with Gasteiger partial charge in [0.25, 0.3) is 0 Å². The first-order chi connectivity index (χ1) is 7.60. The third-order valence-corrected chi connectivity index (χ3v) is 3.52. The lowest BCUT2D eigenvalue weighted by Gasteiger charge is -2.04. The van der Waals surface area contributed by atoms with Crippen molar-refractivity contribution in [2.24, 2.45) is 0 Å². The monoisotopic (exact) mass is 303 g/mol. The molecule has 0 N–H and O–H groups in total. The number of hydrogen-bond donors (Lipinski definition) is 0. The molecule has 0 atom stereocenters. The second kappa shape index (κ2) is 5.87. The summed E-state index contributed by atoms with van der Waals surface area (Å²) in [7, 11) is 1.27. The molecule has 0 amide bonds. The Labute approximate surface area is 105 Å². The minimum absolute atomic E-state index is 0.0335. The zero-order valence-electron chi connectivity index (χ0n) is 8.29. The van der Waals surface area contributed by atoms with Gasteiger partial charge in [-0.15, -0.1) is 11.8 Å². The van der Waals surface area contributed by atoms with Crippen LogP contribution in [0.2, 0.25) is 0 Å². The third kappa shape index (κ3) is 2.97. The Morgan fingerprint density at radius 2 is 2.38 bits per heavy atom.